The van der Waals surface area contributed by atoms with E-state index in [0.29, 0.717) is 18.0 Å². The summed E-state index contributed by atoms with van der Waals surface area (Å²) in [5, 5.41) is 2.75. The van der Waals surface area contributed by atoms with E-state index in [0.717, 1.165) is 45.1 Å². The fraction of sp³-hybridized carbons (Fsp3) is 0.533. The molecule has 3 amide bonds. The van der Waals surface area contributed by atoms with Crippen molar-refractivity contribution in [3.8, 4) is 0 Å². The fourth-order valence-corrected chi connectivity index (χ4v) is 6.61. The van der Waals surface area contributed by atoms with E-state index in [-0.39, 0.29) is 35.4 Å². The molecular weight excluding hydrogens is 494 g/mol. The van der Waals surface area contributed by atoms with Crippen molar-refractivity contribution in [1.29, 1.82) is 0 Å². The van der Waals surface area contributed by atoms with Crippen LogP contribution in [0.15, 0.2) is 48.7 Å². The van der Waals surface area contributed by atoms with Crippen LogP contribution in [0.2, 0.25) is 0 Å². The zero-order valence-electron chi connectivity index (χ0n) is 23.2. The summed E-state index contributed by atoms with van der Waals surface area (Å²) in [4.78, 5) is 48.9. The molecule has 9 heteroatoms. The highest BCUT2D eigenvalue weighted by Gasteiger charge is 2.55. The molecule has 2 heterocycles. The summed E-state index contributed by atoms with van der Waals surface area (Å²) in [6, 6.07) is 13.6. The number of amides is 3. The van der Waals surface area contributed by atoms with Crippen molar-refractivity contribution in [1.82, 2.24) is 19.7 Å². The number of carbonyl (C=O) groups excluding carboxylic acids is 3. The summed E-state index contributed by atoms with van der Waals surface area (Å²) >= 11 is 0. The van der Waals surface area contributed by atoms with Gasteiger partial charge in [-0.1, -0.05) is 36.8 Å². The van der Waals surface area contributed by atoms with Crippen molar-refractivity contribution >= 4 is 23.7 Å². The Morgan fingerprint density at radius 1 is 1.10 bits per heavy atom. The molecule has 3 aliphatic rings. The van der Waals surface area contributed by atoms with Gasteiger partial charge in [-0.05, 0) is 76.2 Å². The molecule has 9 nitrogen and oxygen atoms in total. The van der Waals surface area contributed by atoms with Gasteiger partial charge in [-0.25, -0.2) is 14.6 Å². The van der Waals surface area contributed by atoms with E-state index in [1.807, 2.05) is 0 Å². The molecule has 5 rings (SSSR count). The summed E-state index contributed by atoms with van der Waals surface area (Å²) < 4.78 is 4.76. The number of benzene rings is 1. The molecule has 1 aliphatic heterocycles. The van der Waals surface area contributed by atoms with Crippen LogP contribution >= 0.6 is 0 Å². The lowest BCUT2D eigenvalue weighted by atomic mass is 9.68. The molecule has 1 spiro atoms. The summed E-state index contributed by atoms with van der Waals surface area (Å²) in [5.41, 5.74) is 1.27. The number of nitrogens with zero attached hydrogens (tertiary/aromatic N) is 4. The third kappa shape index (κ3) is 5.24. The van der Waals surface area contributed by atoms with Gasteiger partial charge in [0, 0.05) is 24.8 Å². The first kappa shape index (κ1) is 27.1. The van der Waals surface area contributed by atoms with E-state index in [1.54, 1.807) is 4.90 Å². The van der Waals surface area contributed by atoms with E-state index < -0.39 is 5.97 Å². The Bertz CT molecular complexity index is 1200. The topological polar surface area (TPSA) is 95.1 Å². The van der Waals surface area contributed by atoms with Gasteiger partial charge in [0.05, 0.1) is 18.2 Å². The van der Waals surface area contributed by atoms with E-state index >= 15 is 0 Å². The van der Waals surface area contributed by atoms with Crippen molar-refractivity contribution in [2.75, 3.05) is 46.2 Å². The third-order valence-electron chi connectivity index (χ3n) is 9.18. The quantitative estimate of drug-likeness (QED) is 0.513. The molecule has 2 saturated carbocycles. The summed E-state index contributed by atoms with van der Waals surface area (Å²) in [5.74, 6) is -0.0366. The average molecular weight is 534 g/mol. The lowest BCUT2D eigenvalue weighted by Gasteiger charge is -2.51. The molecule has 208 valence electrons. The third-order valence-corrected chi connectivity index (χ3v) is 9.18. The van der Waals surface area contributed by atoms with Gasteiger partial charge in [0.25, 0.3) is 0 Å². The SMILES string of the molecule is COC(=O)c1ccnc(NC(=O)CN2C[C@]3(CC[C@@](c4ccccc4)(N(C)C)CC3)N(CC3CCC3)C2=O)c1. The number of nitrogens with one attached hydrogen (secondary N) is 1. The Balaban J connectivity index is 1.32. The number of anilines is 1. The van der Waals surface area contributed by atoms with Gasteiger partial charge in [0.15, 0.2) is 0 Å². The smallest absolute Gasteiger partial charge is 0.338 e. The number of aromatic nitrogens is 1. The Hall–Kier alpha value is -3.46. The van der Waals surface area contributed by atoms with Crippen LogP contribution in [0, 0.1) is 5.92 Å². The zero-order valence-corrected chi connectivity index (χ0v) is 23.2. The number of hydrogen-bond acceptors (Lipinski definition) is 6. The molecule has 0 atom stereocenters. The highest BCUT2D eigenvalue weighted by atomic mass is 16.5. The van der Waals surface area contributed by atoms with E-state index in [2.05, 4.69) is 64.5 Å². The molecule has 0 radical (unpaired) electrons. The van der Waals surface area contributed by atoms with Crippen LogP contribution in [0.5, 0.6) is 0 Å². The maximum absolute atomic E-state index is 13.8. The predicted octanol–water partition coefficient (Wildman–Crippen LogP) is 4.11. The number of methoxy groups -OCH3 is 1. The number of carbonyl (C=O) groups is 3. The molecule has 1 N–H and O–H groups in total. The second kappa shape index (κ2) is 11.0. The lowest BCUT2D eigenvalue weighted by molar-refractivity contribution is -0.116. The van der Waals surface area contributed by atoms with Crippen molar-refractivity contribution in [2.45, 2.75) is 56.0 Å². The van der Waals surface area contributed by atoms with Crippen molar-refractivity contribution in [2.24, 2.45) is 5.92 Å². The molecule has 39 heavy (non-hydrogen) atoms. The highest BCUT2D eigenvalue weighted by Crippen LogP contribution is 2.49. The van der Waals surface area contributed by atoms with Crippen LogP contribution in [0.3, 0.4) is 0 Å². The van der Waals surface area contributed by atoms with Gasteiger partial charge >= 0.3 is 12.0 Å². The van der Waals surface area contributed by atoms with Crippen LogP contribution in [0.4, 0.5) is 10.6 Å². The second-order valence-electron chi connectivity index (χ2n) is 11.5. The van der Waals surface area contributed by atoms with Gasteiger partial charge in [-0.3, -0.25) is 9.69 Å². The summed E-state index contributed by atoms with van der Waals surface area (Å²) in [6.07, 6.45) is 8.66. The van der Waals surface area contributed by atoms with Gasteiger partial charge < -0.3 is 19.9 Å². The van der Waals surface area contributed by atoms with Gasteiger partial charge in [-0.2, -0.15) is 0 Å². The van der Waals surface area contributed by atoms with Crippen LogP contribution < -0.4 is 5.32 Å². The Kier molecular flexibility index (Phi) is 7.62. The molecule has 2 aliphatic carbocycles. The first-order chi connectivity index (χ1) is 18.8. The molecular formula is C30H39N5O4. The minimum atomic E-state index is -0.502. The minimum Gasteiger partial charge on any atom is -0.465 e. The van der Waals surface area contributed by atoms with Crippen molar-refractivity contribution in [3.05, 3.63) is 59.8 Å². The number of ether oxygens (including phenoxy) is 1. The number of hydrogen-bond donors (Lipinski definition) is 1. The Morgan fingerprint density at radius 2 is 1.82 bits per heavy atom. The largest absolute Gasteiger partial charge is 0.465 e. The van der Waals surface area contributed by atoms with Gasteiger partial charge in [0.1, 0.15) is 12.4 Å². The van der Waals surface area contributed by atoms with E-state index in [1.165, 1.54) is 37.4 Å². The molecule has 0 bridgehead atoms. The minimum absolute atomic E-state index is 0.0506. The highest BCUT2D eigenvalue weighted by molar-refractivity contribution is 5.96. The predicted molar refractivity (Wildman–Crippen MR) is 148 cm³/mol. The molecule has 1 aromatic carbocycles. The Morgan fingerprint density at radius 3 is 2.44 bits per heavy atom. The first-order valence-corrected chi connectivity index (χ1v) is 13.9. The van der Waals surface area contributed by atoms with Crippen LogP contribution in [0.25, 0.3) is 0 Å². The Labute approximate surface area is 230 Å². The fourth-order valence-electron chi connectivity index (χ4n) is 6.61. The number of pyridine rings is 1. The number of urea groups is 1. The maximum atomic E-state index is 13.8. The van der Waals surface area contributed by atoms with Crippen LogP contribution in [0.1, 0.15) is 60.9 Å². The van der Waals surface area contributed by atoms with Crippen LogP contribution in [-0.2, 0) is 15.1 Å². The molecule has 3 fully saturated rings. The normalized spacial score (nSPS) is 25.2. The molecule has 0 unspecified atom stereocenters. The standard InChI is InChI=1S/C30H39N5O4/c1-33(2)30(24-10-5-4-6-11-24)15-13-29(14-16-30)21-34(28(38)35(29)19-22-8-7-9-22)20-26(36)32-25-18-23(12-17-31-25)27(37)39-3/h4-6,10-12,17-18,22H,7-9,13-16,19-21H2,1-3H3,(H,31,32,36)/t29-,30-. The second-order valence-corrected chi connectivity index (χ2v) is 11.5. The monoisotopic (exact) mass is 533 g/mol. The molecule has 2 aromatic rings. The zero-order chi connectivity index (χ0) is 27.6. The summed E-state index contributed by atoms with van der Waals surface area (Å²) in [6.45, 7) is 1.25. The summed E-state index contributed by atoms with van der Waals surface area (Å²) in [7, 11) is 5.60. The van der Waals surface area contributed by atoms with Crippen LogP contribution in [-0.4, -0.2) is 84.0 Å². The van der Waals surface area contributed by atoms with E-state index in [9.17, 15) is 14.4 Å². The average Bonchev–Trinajstić information content (AvgIpc) is 3.16. The van der Waals surface area contributed by atoms with E-state index in [4.69, 9.17) is 4.74 Å². The lowest BCUT2D eigenvalue weighted by Crippen LogP contribution is -2.56. The van der Waals surface area contributed by atoms with Gasteiger partial charge in [0.2, 0.25) is 5.91 Å². The van der Waals surface area contributed by atoms with Crippen molar-refractivity contribution < 1.29 is 19.1 Å². The first-order valence-electron chi connectivity index (χ1n) is 13.9. The number of esters is 1. The maximum Gasteiger partial charge on any atom is 0.338 e. The van der Waals surface area contributed by atoms with Gasteiger partial charge in [-0.15, -0.1) is 0 Å². The van der Waals surface area contributed by atoms with Crippen molar-refractivity contribution in [3.63, 3.8) is 0 Å². The molecule has 1 saturated heterocycles. The molecule has 1 aromatic heterocycles. The number of rotatable bonds is 8.